The Kier molecular flexibility index (Phi) is 3.08. The van der Waals surface area contributed by atoms with Gasteiger partial charge in [0.25, 0.3) is 0 Å². The molecule has 1 aromatic rings. The molecule has 0 saturated heterocycles. The second-order valence-electron chi connectivity index (χ2n) is 4.47. The minimum atomic E-state index is -0.254. The van der Waals surface area contributed by atoms with Crippen LogP contribution < -0.4 is 0 Å². The third-order valence-corrected chi connectivity index (χ3v) is 3.43. The van der Waals surface area contributed by atoms with E-state index in [0.29, 0.717) is 0 Å². The molecule has 0 radical (unpaired) electrons. The van der Waals surface area contributed by atoms with E-state index in [0.717, 1.165) is 19.5 Å². The van der Waals surface area contributed by atoms with Gasteiger partial charge in [0.05, 0.1) is 6.10 Å². The van der Waals surface area contributed by atoms with Crippen molar-refractivity contribution in [2.45, 2.75) is 39.0 Å². The molecule has 2 atom stereocenters. The van der Waals surface area contributed by atoms with E-state index in [9.17, 15) is 5.11 Å². The molecule has 2 unspecified atom stereocenters. The predicted molar refractivity (Wildman–Crippen MR) is 61.7 cm³/mol. The van der Waals surface area contributed by atoms with Gasteiger partial charge in [0.15, 0.2) is 0 Å². The van der Waals surface area contributed by atoms with Gasteiger partial charge in [-0.1, -0.05) is 24.3 Å². The largest absolute Gasteiger partial charge is 0.392 e. The van der Waals surface area contributed by atoms with Gasteiger partial charge in [-0.3, -0.25) is 4.90 Å². The molecular formula is C13H19NO. The van der Waals surface area contributed by atoms with Crippen molar-refractivity contribution >= 4 is 0 Å². The van der Waals surface area contributed by atoms with E-state index in [-0.39, 0.29) is 12.1 Å². The molecule has 1 N–H and O–H groups in total. The van der Waals surface area contributed by atoms with Gasteiger partial charge in [-0.15, -0.1) is 0 Å². The fourth-order valence-corrected chi connectivity index (χ4v) is 2.17. The Hall–Kier alpha value is -0.860. The lowest BCUT2D eigenvalue weighted by Crippen LogP contribution is -2.43. The first-order valence-corrected chi connectivity index (χ1v) is 5.67. The second-order valence-corrected chi connectivity index (χ2v) is 4.47. The van der Waals surface area contributed by atoms with E-state index in [1.54, 1.807) is 0 Å². The van der Waals surface area contributed by atoms with E-state index >= 15 is 0 Å². The van der Waals surface area contributed by atoms with Crippen LogP contribution in [0.5, 0.6) is 0 Å². The monoisotopic (exact) mass is 205 g/mol. The summed E-state index contributed by atoms with van der Waals surface area (Å²) in [4.78, 5) is 2.35. The van der Waals surface area contributed by atoms with Crippen molar-refractivity contribution in [3.8, 4) is 0 Å². The molecule has 1 aliphatic heterocycles. The quantitative estimate of drug-likeness (QED) is 0.796. The highest BCUT2D eigenvalue weighted by Gasteiger charge is 2.22. The van der Waals surface area contributed by atoms with Gasteiger partial charge in [-0.25, -0.2) is 0 Å². The highest BCUT2D eigenvalue weighted by molar-refractivity contribution is 5.29. The molecule has 0 aliphatic carbocycles. The number of aliphatic hydroxyl groups excluding tert-OH is 1. The fraction of sp³-hybridized carbons (Fsp3) is 0.538. The van der Waals surface area contributed by atoms with Crippen molar-refractivity contribution in [3.05, 3.63) is 35.4 Å². The van der Waals surface area contributed by atoms with Crippen molar-refractivity contribution in [1.82, 2.24) is 4.90 Å². The summed E-state index contributed by atoms with van der Waals surface area (Å²) in [5, 5.41) is 9.58. The summed E-state index contributed by atoms with van der Waals surface area (Å²) in [7, 11) is 0. The minimum absolute atomic E-state index is 0.248. The molecule has 2 rings (SSSR count). The molecule has 0 aromatic heterocycles. The molecule has 0 spiro atoms. The Bertz CT molecular complexity index is 335. The van der Waals surface area contributed by atoms with Crippen molar-refractivity contribution < 1.29 is 5.11 Å². The highest BCUT2D eigenvalue weighted by Crippen LogP contribution is 2.20. The second kappa shape index (κ2) is 4.33. The van der Waals surface area contributed by atoms with Gasteiger partial charge >= 0.3 is 0 Å². The van der Waals surface area contributed by atoms with Gasteiger partial charge in [0, 0.05) is 19.1 Å². The molecule has 0 bridgehead atoms. The van der Waals surface area contributed by atoms with Gasteiger partial charge in [0.1, 0.15) is 0 Å². The maximum atomic E-state index is 9.58. The summed E-state index contributed by atoms with van der Waals surface area (Å²) in [6.45, 7) is 6.00. The highest BCUT2D eigenvalue weighted by atomic mass is 16.3. The van der Waals surface area contributed by atoms with Crippen LogP contribution in [0.2, 0.25) is 0 Å². The summed E-state index contributed by atoms with van der Waals surface area (Å²) in [5.74, 6) is 0. The third kappa shape index (κ3) is 2.21. The average Bonchev–Trinajstić information content (AvgIpc) is 2.27. The van der Waals surface area contributed by atoms with Crippen molar-refractivity contribution in [2.75, 3.05) is 6.54 Å². The first-order valence-electron chi connectivity index (χ1n) is 5.67. The number of aliphatic hydroxyl groups is 1. The molecule has 1 heterocycles. The number of rotatable bonds is 2. The first-order chi connectivity index (χ1) is 7.18. The van der Waals surface area contributed by atoms with Crippen LogP contribution in [-0.2, 0) is 13.0 Å². The number of nitrogens with zero attached hydrogens (tertiary/aromatic N) is 1. The smallest absolute Gasteiger partial charge is 0.0664 e. The summed E-state index contributed by atoms with van der Waals surface area (Å²) < 4.78 is 0. The maximum Gasteiger partial charge on any atom is 0.0664 e. The summed E-state index contributed by atoms with van der Waals surface area (Å²) in [6, 6.07) is 8.84. The van der Waals surface area contributed by atoms with Crippen LogP contribution in [0.25, 0.3) is 0 Å². The standard InChI is InChI=1S/C13H19NO/c1-10(11(2)15)14-8-7-12-5-3-4-6-13(12)9-14/h3-6,10-11,15H,7-9H2,1-2H3. The van der Waals surface area contributed by atoms with Crippen LogP contribution in [0.1, 0.15) is 25.0 Å². The molecule has 2 heteroatoms. The van der Waals surface area contributed by atoms with E-state index in [1.807, 2.05) is 6.92 Å². The molecule has 1 aliphatic rings. The lowest BCUT2D eigenvalue weighted by Gasteiger charge is -2.35. The zero-order chi connectivity index (χ0) is 10.8. The average molecular weight is 205 g/mol. The maximum absolute atomic E-state index is 9.58. The lowest BCUT2D eigenvalue weighted by molar-refractivity contribution is 0.0627. The summed E-state index contributed by atoms with van der Waals surface area (Å²) >= 11 is 0. The molecule has 0 amide bonds. The van der Waals surface area contributed by atoms with Crippen molar-refractivity contribution in [1.29, 1.82) is 0 Å². The van der Waals surface area contributed by atoms with Crippen LogP contribution >= 0.6 is 0 Å². The fourth-order valence-electron chi connectivity index (χ4n) is 2.17. The van der Waals surface area contributed by atoms with Gasteiger partial charge in [-0.05, 0) is 31.4 Å². The SMILES string of the molecule is CC(O)C(C)N1CCc2ccccc2C1. The Balaban J connectivity index is 2.12. The molecule has 0 saturated carbocycles. The zero-order valence-electron chi connectivity index (χ0n) is 9.48. The molecule has 82 valence electrons. The molecule has 0 fully saturated rings. The third-order valence-electron chi connectivity index (χ3n) is 3.43. The number of hydrogen-bond donors (Lipinski definition) is 1. The Morgan fingerprint density at radius 1 is 1.20 bits per heavy atom. The van der Waals surface area contributed by atoms with E-state index < -0.39 is 0 Å². The lowest BCUT2D eigenvalue weighted by atomic mass is 9.98. The van der Waals surface area contributed by atoms with Gasteiger partial charge < -0.3 is 5.11 Å². The normalized spacial score (nSPS) is 20.7. The Morgan fingerprint density at radius 3 is 2.53 bits per heavy atom. The first kappa shape index (κ1) is 10.7. The van der Waals surface area contributed by atoms with Crippen LogP contribution in [0, 0.1) is 0 Å². The van der Waals surface area contributed by atoms with Crippen LogP contribution in [0.15, 0.2) is 24.3 Å². The minimum Gasteiger partial charge on any atom is -0.392 e. The Labute approximate surface area is 91.5 Å². The number of hydrogen-bond acceptors (Lipinski definition) is 2. The topological polar surface area (TPSA) is 23.5 Å². The van der Waals surface area contributed by atoms with Crippen LogP contribution in [0.3, 0.4) is 0 Å². The molecule has 15 heavy (non-hydrogen) atoms. The molecular weight excluding hydrogens is 186 g/mol. The van der Waals surface area contributed by atoms with Gasteiger partial charge in [-0.2, -0.15) is 0 Å². The predicted octanol–water partition coefficient (Wildman–Crippen LogP) is 1.81. The van der Waals surface area contributed by atoms with Gasteiger partial charge in [0.2, 0.25) is 0 Å². The van der Waals surface area contributed by atoms with E-state index in [1.165, 1.54) is 11.1 Å². The van der Waals surface area contributed by atoms with Crippen molar-refractivity contribution in [3.63, 3.8) is 0 Å². The zero-order valence-corrected chi connectivity index (χ0v) is 9.48. The molecule has 1 aromatic carbocycles. The summed E-state index contributed by atoms with van der Waals surface area (Å²) in [5.41, 5.74) is 2.88. The van der Waals surface area contributed by atoms with Crippen molar-refractivity contribution in [2.24, 2.45) is 0 Å². The number of benzene rings is 1. The molecule has 2 nitrogen and oxygen atoms in total. The van der Waals surface area contributed by atoms with E-state index in [4.69, 9.17) is 0 Å². The van der Waals surface area contributed by atoms with Crippen LogP contribution in [0.4, 0.5) is 0 Å². The van der Waals surface area contributed by atoms with Crippen LogP contribution in [-0.4, -0.2) is 28.7 Å². The Morgan fingerprint density at radius 2 is 1.87 bits per heavy atom. The summed E-state index contributed by atoms with van der Waals surface area (Å²) in [6.07, 6.45) is 0.850. The van der Waals surface area contributed by atoms with E-state index in [2.05, 4.69) is 36.1 Å². The number of fused-ring (bicyclic) bond motifs is 1.